The molecule has 2 N–H and O–H groups in total. The van der Waals surface area contributed by atoms with Crippen molar-refractivity contribution in [3.8, 4) is 0 Å². The number of carbonyl (C=O) groups excluding carboxylic acids is 1. The Labute approximate surface area is 141 Å². The Morgan fingerprint density at radius 2 is 2.19 bits per heavy atom. The van der Waals surface area contributed by atoms with Crippen LogP contribution >= 0.6 is 28.3 Å². The predicted octanol–water partition coefficient (Wildman–Crippen LogP) is 3.41. The maximum Gasteiger partial charge on any atom is 0.237 e. The van der Waals surface area contributed by atoms with Gasteiger partial charge in [-0.25, -0.2) is 0 Å². The number of hydrogen-bond donors (Lipinski definition) is 2. The van der Waals surface area contributed by atoms with Crippen LogP contribution in [0.3, 0.4) is 0 Å². The van der Waals surface area contributed by atoms with Gasteiger partial charge >= 0.3 is 0 Å². The monoisotopic (exact) mass is 374 g/mol. The quantitative estimate of drug-likeness (QED) is 0.847. The molecule has 1 aliphatic rings. The largest absolute Gasteiger partial charge is 0.354 e. The van der Waals surface area contributed by atoms with E-state index >= 15 is 0 Å². The second-order valence-electron chi connectivity index (χ2n) is 6.11. The molecule has 1 heterocycles. The number of piperidine rings is 1. The van der Waals surface area contributed by atoms with Gasteiger partial charge in [0.1, 0.15) is 0 Å². The Hall–Kier alpha value is -0.580. The van der Waals surface area contributed by atoms with Gasteiger partial charge in [-0.1, -0.05) is 48.3 Å². The van der Waals surface area contributed by atoms with E-state index in [2.05, 4.69) is 52.5 Å². The third kappa shape index (κ3) is 5.28. The van der Waals surface area contributed by atoms with Crippen LogP contribution < -0.4 is 10.6 Å². The number of halogens is 2. The van der Waals surface area contributed by atoms with Crippen molar-refractivity contribution < 1.29 is 4.79 Å². The summed E-state index contributed by atoms with van der Waals surface area (Å²) in [4.78, 5) is 12.2. The van der Waals surface area contributed by atoms with Gasteiger partial charge in [-0.15, -0.1) is 12.4 Å². The molecule has 0 aromatic heterocycles. The predicted molar refractivity (Wildman–Crippen MR) is 93.1 cm³/mol. The summed E-state index contributed by atoms with van der Waals surface area (Å²) in [6.45, 7) is 5.92. The zero-order chi connectivity index (χ0) is 14.6. The second-order valence-corrected chi connectivity index (χ2v) is 7.03. The smallest absolute Gasteiger partial charge is 0.237 e. The Bertz CT molecular complexity index is 473. The molecule has 1 aromatic carbocycles. The van der Waals surface area contributed by atoms with Gasteiger partial charge < -0.3 is 10.6 Å². The molecule has 1 aromatic rings. The van der Waals surface area contributed by atoms with Crippen LogP contribution in [-0.2, 0) is 10.2 Å². The summed E-state index contributed by atoms with van der Waals surface area (Å²) in [6.07, 6.45) is 3.26. The molecule has 0 radical (unpaired) electrons. The molecule has 1 unspecified atom stereocenters. The van der Waals surface area contributed by atoms with Crippen molar-refractivity contribution >= 4 is 34.2 Å². The molecule has 0 spiro atoms. The first-order valence-corrected chi connectivity index (χ1v) is 8.05. The number of amides is 1. The highest BCUT2D eigenvalue weighted by Crippen LogP contribution is 2.25. The van der Waals surface area contributed by atoms with E-state index in [0.29, 0.717) is 6.54 Å². The Morgan fingerprint density at radius 1 is 1.43 bits per heavy atom. The van der Waals surface area contributed by atoms with Crippen LogP contribution in [0.1, 0.15) is 38.7 Å². The molecular formula is C16H24BrClN2O. The summed E-state index contributed by atoms with van der Waals surface area (Å²) in [5, 5.41) is 6.38. The molecule has 3 nitrogen and oxygen atoms in total. The first-order chi connectivity index (χ1) is 9.49. The summed E-state index contributed by atoms with van der Waals surface area (Å²) in [5.74, 6) is 0.132. The zero-order valence-corrected chi connectivity index (χ0v) is 15.0. The topological polar surface area (TPSA) is 41.1 Å². The molecule has 0 bridgehead atoms. The van der Waals surface area contributed by atoms with Gasteiger partial charge in [0.2, 0.25) is 5.91 Å². The van der Waals surface area contributed by atoms with Gasteiger partial charge in [0.15, 0.2) is 0 Å². The van der Waals surface area contributed by atoms with E-state index in [1.165, 1.54) is 12.0 Å². The molecule has 1 amide bonds. The summed E-state index contributed by atoms with van der Waals surface area (Å²) in [7, 11) is 0. The molecule has 0 aliphatic carbocycles. The van der Waals surface area contributed by atoms with Gasteiger partial charge in [0.05, 0.1) is 6.04 Å². The number of rotatable bonds is 4. The standard InChI is InChI=1S/C16H23BrN2O.ClH/c1-16(2,12-6-5-7-13(17)10-12)11-19-15(20)14-8-3-4-9-18-14;/h5-7,10,14,18H,3-4,8-9,11H2,1-2H3,(H,19,20);1H. The van der Waals surface area contributed by atoms with Crippen LogP contribution in [0.5, 0.6) is 0 Å². The van der Waals surface area contributed by atoms with E-state index in [-0.39, 0.29) is 29.8 Å². The molecule has 1 aliphatic heterocycles. The van der Waals surface area contributed by atoms with Crippen molar-refractivity contribution in [3.63, 3.8) is 0 Å². The number of carbonyl (C=O) groups is 1. The molecule has 21 heavy (non-hydrogen) atoms. The lowest BCUT2D eigenvalue weighted by Crippen LogP contribution is -2.49. The fourth-order valence-corrected chi connectivity index (χ4v) is 2.92. The number of benzene rings is 1. The highest BCUT2D eigenvalue weighted by molar-refractivity contribution is 9.10. The van der Waals surface area contributed by atoms with Gasteiger partial charge in [-0.2, -0.15) is 0 Å². The van der Waals surface area contributed by atoms with Crippen molar-refractivity contribution in [2.45, 2.75) is 44.6 Å². The fraction of sp³-hybridized carbons (Fsp3) is 0.562. The van der Waals surface area contributed by atoms with Crippen molar-refractivity contribution in [2.75, 3.05) is 13.1 Å². The third-order valence-corrected chi connectivity index (χ3v) is 4.43. The summed E-state index contributed by atoms with van der Waals surface area (Å²) in [6, 6.07) is 8.26. The minimum atomic E-state index is -0.0753. The fourth-order valence-electron chi connectivity index (χ4n) is 2.52. The van der Waals surface area contributed by atoms with Gasteiger partial charge in [0, 0.05) is 16.4 Å². The lowest BCUT2D eigenvalue weighted by molar-refractivity contribution is -0.123. The minimum Gasteiger partial charge on any atom is -0.354 e. The SMILES string of the molecule is CC(C)(CNC(=O)C1CCCCN1)c1cccc(Br)c1.Cl. The molecule has 2 rings (SSSR count). The summed E-state index contributed by atoms with van der Waals surface area (Å²) in [5.41, 5.74) is 1.15. The Morgan fingerprint density at radius 3 is 2.81 bits per heavy atom. The lowest BCUT2D eigenvalue weighted by atomic mass is 9.84. The molecule has 1 atom stereocenters. The molecule has 0 saturated carbocycles. The lowest BCUT2D eigenvalue weighted by Gasteiger charge is -2.28. The average Bonchev–Trinajstić information content (AvgIpc) is 2.46. The normalized spacial score (nSPS) is 18.7. The van der Waals surface area contributed by atoms with E-state index in [9.17, 15) is 4.79 Å². The average molecular weight is 376 g/mol. The first-order valence-electron chi connectivity index (χ1n) is 7.26. The third-order valence-electron chi connectivity index (χ3n) is 3.94. The van der Waals surface area contributed by atoms with Crippen LogP contribution in [0, 0.1) is 0 Å². The van der Waals surface area contributed by atoms with Crippen LogP contribution in [-0.4, -0.2) is 25.0 Å². The van der Waals surface area contributed by atoms with Crippen molar-refractivity contribution in [2.24, 2.45) is 0 Å². The summed E-state index contributed by atoms with van der Waals surface area (Å²) >= 11 is 3.50. The molecule has 1 fully saturated rings. The van der Waals surface area contributed by atoms with E-state index in [1.807, 2.05) is 12.1 Å². The molecular weight excluding hydrogens is 352 g/mol. The molecule has 118 valence electrons. The van der Waals surface area contributed by atoms with Crippen molar-refractivity contribution in [1.29, 1.82) is 0 Å². The maximum absolute atomic E-state index is 12.2. The Kier molecular flexibility index (Phi) is 7.17. The van der Waals surface area contributed by atoms with Crippen LogP contribution in [0.2, 0.25) is 0 Å². The zero-order valence-electron chi connectivity index (χ0n) is 12.6. The van der Waals surface area contributed by atoms with Crippen molar-refractivity contribution in [3.05, 3.63) is 34.3 Å². The van der Waals surface area contributed by atoms with Gasteiger partial charge in [0.25, 0.3) is 0 Å². The van der Waals surface area contributed by atoms with Crippen LogP contribution in [0.4, 0.5) is 0 Å². The minimum absolute atomic E-state index is 0. The van der Waals surface area contributed by atoms with E-state index < -0.39 is 0 Å². The number of nitrogens with one attached hydrogen (secondary N) is 2. The highest BCUT2D eigenvalue weighted by Gasteiger charge is 2.25. The second kappa shape index (κ2) is 8.16. The maximum atomic E-state index is 12.2. The van der Waals surface area contributed by atoms with Crippen LogP contribution in [0.25, 0.3) is 0 Å². The summed E-state index contributed by atoms with van der Waals surface area (Å²) < 4.78 is 1.07. The van der Waals surface area contributed by atoms with Gasteiger partial charge in [-0.3, -0.25) is 4.79 Å². The number of hydrogen-bond acceptors (Lipinski definition) is 2. The highest BCUT2D eigenvalue weighted by atomic mass is 79.9. The first kappa shape index (κ1) is 18.5. The van der Waals surface area contributed by atoms with E-state index in [1.54, 1.807) is 0 Å². The molecule has 5 heteroatoms. The van der Waals surface area contributed by atoms with E-state index in [4.69, 9.17) is 0 Å². The molecule has 1 saturated heterocycles. The van der Waals surface area contributed by atoms with Gasteiger partial charge in [-0.05, 0) is 37.1 Å². The van der Waals surface area contributed by atoms with Crippen LogP contribution in [0.15, 0.2) is 28.7 Å². The Balaban J connectivity index is 0.00000220. The van der Waals surface area contributed by atoms with Crippen molar-refractivity contribution in [1.82, 2.24) is 10.6 Å². The van der Waals surface area contributed by atoms with E-state index in [0.717, 1.165) is 23.9 Å².